The molecule has 230 valence electrons. The van der Waals surface area contributed by atoms with E-state index in [9.17, 15) is 4.79 Å². The van der Waals surface area contributed by atoms with Crippen molar-refractivity contribution in [2.45, 2.75) is 142 Å². The minimum atomic E-state index is -0.140. The molecule has 0 saturated heterocycles. The first kappa shape index (κ1) is 34.9. The lowest BCUT2D eigenvalue weighted by Gasteiger charge is -2.22. The quantitative estimate of drug-likeness (QED) is 0.125. The molecule has 0 radical (unpaired) electrons. The summed E-state index contributed by atoms with van der Waals surface area (Å²) in [6.45, 7) is 12.5. The molecule has 1 unspecified atom stereocenters. The van der Waals surface area contributed by atoms with E-state index in [0.717, 1.165) is 12.2 Å². The third-order valence-electron chi connectivity index (χ3n) is 8.20. The zero-order valence-electron chi connectivity index (χ0n) is 27.1. The van der Waals surface area contributed by atoms with Crippen LogP contribution in [0.15, 0.2) is 48.5 Å². The molecule has 0 aliphatic heterocycles. The molecule has 1 atom stereocenters. The van der Waals surface area contributed by atoms with Gasteiger partial charge >= 0.3 is 6.03 Å². The van der Waals surface area contributed by atoms with Crippen molar-refractivity contribution in [1.29, 1.82) is 0 Å². The zero-order valence-corrected chi connectivity index (χ0v) is 27.1. The Morgan fingerprint density at radius 1 is 0.634 bits per heavy atom. The van der Waals surface area contributed by atoms with Crippen molar-refractivity contribution in [3.05, 3.63) is 65.2 Å². The van der Waals surface area contributed by atoms with Crippen molar-refractivity contribution in [3.8, 4) is 0 Å². The van der Waals surface area contributed by atoms with Crippen molar-refractivity contribution in [2.75, 3.05) is 18.4 Å². The molecule has 2 rings (SSSR count). The molecule has 2 amide bonds. The molecule has 4 nitrogen and oxygen atoms in total. The van der Waals surface area contributed by atoms with Crippen LogP contribution in [0.4, 0.5) is 10.5 Å². The lowest BCUT2D eigenvalue weighted by molar-refractivity contribution is 0.250. The van der Waals surface area contributed by atoms with Crippen molar-refractivity contribution in [1.82, 2.24) is 10.6 Å². The van der Waals surface area contributed by atoms with Gasteiger partial charge in [-0.15, -0.1) is 0 Å². The van der Waals surface area contributed by atoms with E-state index in [1.807, 2.05) is 6.07 Å². The second-order valence-electron chi connectivity index (χ2n) is 12.5. The number of hydrogen-bond acceptors (Lipinski definition) is 2. The van der Waals surface area contributed by atoms with Gasteiger partial charge in [0.1, 0.15) is 0 Å². The summed E-state index contributed by atoms with van der Waals surface area (Å²) in [5, 5.41) is 10.1. The second kappa shape index (κ2) is 21.4. The molecule has 0 fully saturated rings. The van der Waals surface area contributed by atoms with E-state index in [1.165, 1.54) is 107 Å². The molecule has 41 heavy (non-hydrogen) atoms. The normalized spacial score (nSPS) is 12.2. The van der Waals surface area contributed by atoms with Crippen LogP contribution in [0, 0.1) is 0 Å². The van der Waals surface area contributed by atoms with E-state index in [0.29, 0.717) is 18.4 Å². The van der Waals surface area contributed by atoms with Gasteiger partial charge in [-0.25, -0.2) is 4.79 Å². The summed E-state index contributed by atoms with van der Waals surface area (Å²) in [6, 6.07) is 16.8. The third kappa shape index (κ3) is 14.4. The number of unbranched alkanes of at least 4 members (excludes halogenated alkanes) is 13. The van der Waals surface area contributed by atoms with Gasteiger partial charge in [-0.1, -0.05) is 167 Å². The Hall–Kier alpha value is -2.33. The molecular formula is C37H61N3O. The van der Waals surface area contributed by atoms with Crippen molar-refractivity contribution in [2.24, 2.45) is 0 Å². The van der Waals surface area contributed by atoms with Gasteiger partial charge in [-0.05, 0) is 41.5 Å². The fraction of sp³-hybridized carbons (Fsp3) is 0.649. The summed E-state index contributed by atoms with van der Waals surface area (Å²) in [5.41, 5.74) is 4.54. The fourth-order valence-electron chi connectivity index (χ4n) is 5.64. The van der Waals surface area contributed by atoms with Crippen LogP contribution in [0.3, 0.4) is 0 Å². The Morgan fingerprint density at radius 2 is 1.12 bits per heavy atom. The summed E-state index contributed by atoms with van der Waals surface area (Å²) < 4.78 is 0. The van der Waals surface area contributed by atoms with Crippen LogP contribution >= 0.6 is 0 Å². The summed E-state index contributed by atoms with van der Waals surface area (Å²) in [6.07, 6.45) is 19.2. The number of urea groups is 1. The standard InChI is InChI=1S/C37H61N3O/c1-6-7-8-9-10-11-12-13-14-15-16-17-18-22-28-38-35(32-24-20-19-21-25-32)29-39-37(41)40-36-33(30(2)3)26-23-27-34(36)31(4)5/h19-21,23-27,30-31,35,38H,6-18,22,28-29H2,1-5H3,(H2,39,40,41). The average molecular weight is 564 g/mol. The Labute approximate surface area is 252 Å². The second-order valence-corrected chi connectivity index (χ2v) is 12.5. The Balaban J connectivity index is 1.71. The summed E-state index contributed by atoms with van der Waals surface area (Å²) in [4.78, 5) is 13.1. The van der Waals surface area contributed by atoms with E-state index < -0.39 is 0 Å². The topological polar surface area (TPSA) is 53.2 Å². The van der Waals surface area contributed by atoms with Crippen LogP contribution in [0.2, 0.25) is 0 Å². The summed E-state index contributed by atoms with van der Waals surface area (Å²) in [7, 11) is 0. The monoisotopic (exact) mass is 563 g/mol. The maximum atomic E-state index is 13.1. The van der Waals surface area contributed by atoms with Gasteiger partial charge in [-0.3, -0.25) is 0 Å². The van der Waals surface area contributed by atoms with E-state index in [-0.39, 0.29) is 12.1 Å². The molecule has 0 spiro atoms. The Morgan fingerprint density at radius 3 is 1.61 bits per heavy atom. The van der Waals surface area contributed by atoms with Crippen molar-refractivity contribution < 1.29 is 4.79 Å². The molecule has 0 saturated carbocycles. The number of anilines is 1. The number of hydrogen-bond donors (Lipinski definition) is 3. The number of carbonyl (C=O) groups excluding carboxylic acids is 1. The molecule has 3 N–H and O–H groups in total. The van der Waals surface area contributed by atoms with E-state index in [2.05, 4.69) is 93.0 Å². The van der Waals surface area contributed by atoms with E-state index in [1.54, 1.807) is 0 Å². The molecule has 0 bridgehead atoms. The number of nitrogens with one attached hydrogen (secondary N) is 3. The number of benzene rings is 2. The van der Waals surface area contributed by atoms with E-state index >= 15 is 0 Å². The highest BCUT2D eigenvalue weighted by Crippen LogP contribution is 2.32. The van der Waals surface area contributed by atoms with Gasteiger partial charge < -0.3 is 16.0 Å². The predicted molar refractivity (Wildman–Crippen MR) is 179 cm³/mol. The molecule has 2 aromatic carbocycles. The largest absolute Gasteiger partial charge is 0.336 e. The smallest absolute Gasteiger partial charge is 0.319 e. The van der Waals surface area contributed by atoms with Gasteiger partial charge in [0.15, 0.2) is 0 Å². The van der Waals surface area contributed by atoms with Gasteiger partial charge in [0.05, 0.1) is 0 Å². The van der Waals surface area contributed by atoms with Gasteiger partial charge in [-0.2, -0.15) is 0 Å². The Bertz CT molecular complexity index is 914. The average Bonchev–Trinajstić information content (AvgIpc) is 2.96. The van der Waals surface area contributed by atoms with Crippen molar-refractivity contribution >= 4 is 11.7 Å². The predicted octanol–water partition coefficient (Wildman–Crippen LogP) is 10.9. The molecule has 0 heterocycles. The first-order chi connectivity index (χ1) is 19.9. The lowest BCUT2D eigenvalue weighted by atomic mass is 9.93. The van der Waals surface area contributed by atoms with Gasteiger partial charge in [0.2, 0.25) is 0 Å². The third-order valence-corrected chi connectivity index (χ3v) is 8.20. The highest BCUT2D eigenvalue weighted by molar-refractivity contribution is 5.91. The lowest BCUT2D eigenvalue weighted by Crippen LogP contribution is -2.38. The minimum absolute atomic E-state index is 0.0915. The minimum Gasteiger partial charge on any atom is -0.336 e. The SMILES string of the molecule is CCCCCCCCCCCCCCCCNC(CNC(=O)Nc1c(C(C)C)cccc1C(C)C)c1ccccc1. The number of para-hydroxylation sites is 1. The highest BCUT2D eigenvalue weighted by Gasteiger charge is 2.17. The van der Waals surface area contributed by atoms with Crippen molar-refractivity contribution in [3.63, 3.8) is 0 Å². The molecule has 0 aliphatic carbocycles. The number of rotatable bonds is 22. The van der Waals surface area contributed by atoms with E-state index in [4.69, 9.17) is 0 Å². The van der Waals surface area contributed by atoms with Gasteiger partial charge in [0, 0.05) is 18.3 Å². The number of carbonyl (C=O) groups is 1. The number of amides is 2. The maximum Gasteiger partial charge on any atom is 0.319 e. The van der Waals surface area contributed by atoms with Crippen LogP contribution in [-0.2, 0) is 0 Å². The first-order valence-corrected chi connectivity index (χ1v) is 16.9. The van der Waals surface area contributed by atoms with Crippen LogP contribution < -0.4 is 16.0 Å². The maximum absolute atomic E-state index is 13.1. The first-order valence-electron chi connectivity index (χ1n) is 16.9. The Kier molecular flexibility index (Phi) is 18.2. The molecule has 4 heteroatoms. The zero-order chi connectivity index (χ0) is 29.7. The van der Waals surface area contributed by atoms with Crippen LogP contribution in [0.5, 0.6) is 0 Å². The molecule has 2 aromatic rings. The molecule has 0 aromatic heterocycles. The summed E-state index contributed by atoms with van der Waals surface area (Å²) >= 11 is 0. The van der Waals surface area contributed by atoms with Crippen LogP contribution in [0.25, 0.3) is 0 Å². The fourth-order valence-corrected chi connectivity index (χ4v) is 5.64. The molecular weight excluding hydrogens is 502 g/mol. The van der Waals surface area contributed by atoms with Gasteiger partial charge in [0.25, 0.3) is 0 Å². The summed E-state index contributed by atoms with van der Waals surface area (Å²) in [5.74, 6) is 0.681. The van der Waals surface area contributed by atoms with Crippen LogP contribution in [0.1, 0.15) is 159 Å². The highest BCUT2D eigenvalue weighted by atomic mass is 16.2. The van der Waals surface area contributed by atoms with Crippen LogP contribution in [-0.4, -0.2) is 19.1 Å². The molecule has 0 aliphatic rings.